The molecule has 3 rings (SSSR count). The molecule has 2 aromatic rings. The third-order valence-electron chi connectivity index (χ3n) is 4.43. The molecule has 1 fully saturated rings. The summed E-state index contributed by atoms with van der Waals surface area (Å²) in [6.45, 7) is 6.92. The second-order valence-corrected chi connectivity index (χ2v) is 6.44. The summed E-state index contributed by atoms with van der Waals surface area (Å²) in [6.07, 6.45) is 0.694. The maximum absolute atomic E-state index is 14.5. The van der Waals surface area contributed by atoms with E-state index in [1.165, 1.54) is 6.07 Å². The van der Waals surface area contributed by atoms with Crippen LogP contribution in [0.4, 0.5) is 10.1 Å². The number of carbonyl (C=O) groups excluding carboxylic acids is 1. The van der Waals surface area contributed by atoms with Crippen molar-refractivity contribution in [1.29, 1.82) is 0 Å². The van der Waals surface area contributed by atoms with Crippen molar-refractivity contribution in [2.45, 2.75) is 27.2 Å². The highest BCUT2D eigenvalue weighted by atomic mass is 19.1. The van der Waals surface area contributed by atoms with E-state index in [9.17, 15) is 9.18 Å². The molecule has 1 amide bonds. The third kappa shape index (κ3) is 3.33. The highest BCUT2D eigenvalue weighted by Gasteiger charge is 2.28. The zero-order valence-electron chi connectivity index (χ0n) is 14.2. The normalized spacial score (nSPS) is 20.8. The molecule has 24 heavy (non-hydrogen) atoms. The zero-order chi connectivity index (χ0) is 17.3. The SMILES string of the molecule is Cc1cc(C)n(-c2ccc(NC(=O)C3CCOCC3C)cc2F)n1. The van der Waals surface area contributed by atoms with Gasteiger partial charge in [0, 0.05) is 30.5 Å². The predicted molar refractivity (Wildman–Crippen MR) is 89.7 cm³/mol. The summed E-state index contributed by atoms with van der Waals surface area (Å²) >= 11 is 0. The molecule has 1 aromatic heterocycles. The van der Waals surface area contributed by atoms with E-state index in [1.54, 1.807) is 16.8 Å². The van der Waals surface area contributed by atoms with E-state index in [2.05, 4.69) is 10.4 Å². The van der Waals surface area contributed by atoms with Crippen LogP contribution in [0, 0.1) is 31.5 Å². The van der Waals surface area contributed by atoms with E-state index in [0.717, 1.165) is 11.4 Å². The first-order chi connectivity index (χ1) is 11.5. The number of hydrogen-bond donors (Lipinski definition) is 1. The molecule has 5 nitrogen and oxygen atoms in total. The lowest BCUT2D eigenvalue weighted by molar-refractivity contribution is -0.125. The molecular formula is C18H22FN3O2. The smallest absolute Gasteiger partial charge is 0.227 e. The van der Waals surface area contributed by atoms with Crippen LogP contribution >= 0.6 is 0 Å². The number of hydrogen-bond acceptors (Lipinski definition) is 3. The Morgan fingerprint density at radius 1 is 1.38 bits per heavy atom. The molecule has 0 spiro atoms. The lowest BCUT2D eigenvalue weighted by Crippen LogP contribution is -2.35. The largest absolute Gasteiger partial charge is 0.381 e. The summed E-state index contributed by atoms with van der Waals surface area (Å²) in [6, 6.07) is 6.57. The number of halogens is 1. The molecule has 1 saturated heterocycles. The van der Waals surface area contributed by atoms with Crippen LogP contribution in [0.25, 0.3) is 5.69 Å². The molecule has 1 aliphatic rings. The summed E-state index contributed by atoms with van der Waals surface area (Å²) in [5.74, 6) is -0.432. The van der Waals surface area contributed by atoms with Crippen LogP contribution < -0.4 is 5.32 Å². The van der Waals surface area contributed by atoms with Crippen molar-refractivity contribution in [2.24, 2.45) is 11.8 Å². The lowest BCUT2D eigenvalue weighted by Gasteiger charge is -2.27. The van der Waals surface area contributed by atoms with Gasteiger partial charge < -0.3 is 10.1 Å². The Morgan fingerprint density at radius 2 is 2.17 bits per heavy atom. The molecule has 2 heterocycles. The maximum Gasteiger partial charge on any atom is 0.227 e. The summed E-state index contributed by atoms with van der Waals surface area (Å²) < 4.78 is 21.4. The number of carbonyl (C=O) groups is 1. The quantitative estimate of drug-likeness (QED) is 0.939. The average Bonchev–Trinajstić information content (AvgIpc) is 2.86. The number of anilines is 1. The van der Waals surface area contributed by atoms with E-state index in [4.69, 9.17) is 4.74 Å². The summed E-state index contributed by atoms with van der Waals surface area (Å²) in [4.78, 5) is 12.4. The van der Waals surface area contributed by atoms with Gasteiger partial charge in [0.1, 0.15) is 5.69 Å². The molecule has 0 saturated carbocycles. The number of aryl methyl sites for hydroxylation is 2. The Morgan fingerprint density at radius 3 is 2.79 bits per heavy atom. The van der Waals surface area contributed by atoms with Crippen molar-refractivity contribution >= 4 is 11.6 Å². The number of ether oxygens (including phenoxy) is 1. The fourth-order valence-electron chi connectivity index (χ4n) is 3.13. The minimum Gasteiger partial charge on any atom is -0.381 e. The molecule has 1 N–H and O–H groups in total. The van der Waals surface area contributed by atoms with Crippen molar-refractivity contribution in [1.82, 2.24) is 9.78 Å². The molecule has 0 radical (unpaired) electrons. The maximum atomic E-state index is 14.5. The van der Waals surface area contributed by atoms with Crippen LogP contribution in [0.5, 0.6) is 0 Å². The van der Waals surface area contributed by atoms with Crippen LogP contribution in [-0.4, -0.2) is 28.9 Å². The minimum absolute atomic E-state index is 0.0796. The Balaban J connectivity index is 1.77. The molecular weight excluding hydrogens is 309 g/mol. The van der Waals surface area contributed by atoms with Crippen molar-refractivity contribution in [3.63, 3.8) is 0 Å². The molecule has 1 aromatic carbocycles. The number of rotatable bonds is 3. The van der Waals surface area contributed by atoms with Gasteiger partial charge in [-0.3, -0.25) is 4.79 Å². The van der Waals surface area contributed by atoms with E-state index in [1.807, 2.05) is 26.8 Å². The van der Waals surface area contributed by atoms with Gasteiger partial charge in [0.05, 0.1) is 5.69 Å². The van der Waals surface area contributed by atoms with Gasteiger partial charge in [-0.05, 0) is 50.5 Å². The van der Waals surface area contributed by atoms with E-state index < -0.39 is 5.82 Å². The van der Waals surface area contributed by atoms with Gasteiger partial charge in [0.25, 0.3) is 0 Å². The van der Waals surface area contributed by atoms with E-state index in [-0.39, 0.29) is 17.7 Å². The van der Waals surface area contributed by atoms with E-state index in [0.29, 0.717) is 31.0 Å². The summed E-state index contributed by atoms with van der Waals surface area (Å²) in [5.41, 5.74) is 2.52. The van der Waals surface area contributed by atoms with Gasteiger partial charge in [-0.15, -0.1) is 0 Å². The van der Waals surface area contributed by atoms with E-state index >= 15 is 0 Å². The minimum atomic E-state index is -0.418. The van der Waals surface area contributed by atoms with Gasteiger partial charge >= 0.3 is 0 Å². The number of nitrogens with zero attached hydrogens (tertiary/aromatic N) is 2. The van der Waals surface area contributed by atoms with Gasteiger partial charge in [0.2, 0.25) is 5.91 Å². The summed E-state index contributed by atoms with van der Waals surface area (Å²) in [7, 11) is 0. The number of aromatic nitrogens is 2. The van der Waals surface area contributed by atoms with Crippen molar-refractivity contribution in [3.05, 3.63) is 41.5 Å². The van der Waals surface area contributed by atoms with Gasteiger partial charge in [-0.1, -0.05) is 6.92 Å². The second-order valence-electron chi connectivity index (χ2n) is 6.44. The number of nitrogens with one attached hydrogen (secondary N) is 1. The lowest BCUT2D eigenvalue weighted by atomic mass is 9.89. The standard InChI is InChI=1S/C18H22FN3O2/c1-11-10-24-7-6-15(11)18(23)20-14-4-5-17(16(19)9-14)22-13(3)8-12(2)21-22/h4-5,8-9,11,15H,6-7,10H2,1-3H3,(H,20,23). The van der Waals surface area contributed by atoms with Crippen LogP contribution in [0.2, 0.25) is 0 Å². The molecule has 0 aliphatic carbocycles. The van der Waals surface area contributed by atoms with Crippen LogP contribution in [0.3, 0.4) is 0 Å². The number of amides is 1. The molecule has 1 aliphatic heterocycles. The first kappa shape index (κ1) is 16.6. The van der Waals surface area contributed by atoms with Crippen molar-refractivity contribution in [3.8, 4) is 5.69 Å². The predicted octanol–water partition coefficient (Wildman–Crippen LogP) is 3.24. The fraction of sp³-hybridized carbons (Fsp3) is 0.444. The highest BCUT2D eigenvalue weighted by molar-refractivity contribution is 5.92. The van der Waals surface area contributed by atoms with Crippen molar-refractivity contribution < 1.29 is 13.9 Å². The Labute approximate surface area is 140 Å². The molecule has 2 unspecified atom stereocenters. The molecule has 0 bridgehead atoms. The zero-order valence-corrected chi connectivity index (χ0v) is 14.2. The Hall–Kier alpha value is -2.21. The topological polar surface area (TPSA) is 56.2 Å². The molecule has 2 atom stereocenters. The van der Waals surface area contributed by atoms with Gasteiger partial charge in [0.15, 0.2) is 5.82 Å². The highest BCUT2D eigenvalue weighted by Crippen LogP contribution is 2.24. The van der Waals surface area contributed by atoms with Gasteiger partial charge in [-0.2, -0.15) is 5.10 Å². The monoisotopic (exact) mass is 331 g/mol. The Kier molecular flexibility index (Phi) is 4.66. The second kappa shape index (κ2) is 6.73. The van der Waals surface area contributed by atoms with Crippen LogP contribution in [0.1, 0.15) is 24.7 Å². The van der Waals surface area contributed by atoms with Crippen molar-refractivity contribution in [2.75, 3.05) is 18.5 Å². The molecule has 6 heteroatoms. The molecule has 128 valence electrons. The third-order valence-corrected chi connectivity index (χ3v) is 4.43. The first-order valence-electron chi connectivity index (χ1n) is 8.17. The Bertz CT molecular complexity index is 757. The number of benzene rings is 1. The fourth-order valence-corrected chi connectivity index (χ4v) is 3.13. The van der Waals surface area contributed by atoms with Crippen LogP contribution in [-0.2, 0) is 9.53 Å². The van der Waals surface area contributed by atoms with Gasteiger partial charge in [-0.25, -0.2) is 9.07 Å². The summed E-state index contributed by atoms with van der Waals surface area (Å²) in [5, 5.41) is 7.11. The first-order valence-corrected chi connectivity index (χ1v) is 8.17. The van der Waals surface area contributed by atoms with Crippen LogP contribution in [0.15, 0.2) is 24.3 Å². The average molecular weight is 331 g/mol.